The lowest BCUT2D eigenvalue weighted by molar-refractivity contribution is 1.25. The first-order valence-corrected chi connectivity index (χ1v) is 21.6. The third-order valence-corrected chi connectivity index (χ3v) is 13.5. The fourth-order valence-corrected chi connectivity index (χ4v) is 10.9. The molecule has 0 fully saturated rings. The Labute approximate surface area is 359 Å². The largest absolute Gasteiger partial charge is 0.310 e. The van der Waals surface area contributed by atoms with Gasteiger partial charge in [-0.05, 0) is 112 Å². The lowest BCUT2D eigenvalue weighted by Crippen LogP contribution is -2.11. The second-order valence-electron chi connectivity index (χ2n) is 17.2. The Hall–Kier alpha value is -7.82. The Morgan fingerprint density at radius 3 is 1.11 bits per heavy atom. The first-order chi connectivity index (χ1) is 30.4. The van der Waals surface area contributed by atoms with Crippen molar-refractivity contribution < 1.29 is 0 Å². The van der Waals surface area contributed by atoms with Crippen LogP contribution < -0.4 is 9.80 Å². The van der Waals surface area contributed by atoms with Crippen LogP contribution in [0.2, 0.25) is 0 Å². The van der Waals surface area contributed by atoms with Gasteiger partial charge in [-0.2, -0.15) is 0 Å². The SMILES string of the molecule is Cc1ccc(N(c2ccccc2)c2ccc3c4cc5c(cc4n4c6ccccc6c2c34)c2ccc(N(c3ccccc3)c3ccc(C)cc3C)c3c4ccccc4n5c23)c(C)c1. The molecular weight excluding hydrogens is 753 g/mol. The molecule has 13 aromatic rings. The summed E-state index contributed by atoms with van der Waals surface area (Å²) in [5, 5.41) is 10.1. The number of hydrogen-bond donors (Lipinski definition) is 0. The molecule has 4 nitrogen and oxygen atoms in total. The van der Waals surface area contributed by atoms with Crippen molar-refractivity contribution in [1.82, 2.24) is 8.80 Å². The van der Waals surface area contributed by atoms with E-state index in [0.717, 1.165) is 11.4 Å². The van der Waals surface area contributed by atoms with Gasteiger partial charge in [0.1, 0.15) is 0 Å². The first-order valence-electron chi connectivity index (χ1n) is 21.6. The maximum atomic E-state index is 2.54. The van der Waals surface area contributed by atoms with E-state index in [-0.39, 0.29) is 0 Å². The number of fused-ring (bicyclic) bond motifs is 12. The Balaban J connectivity index is 1.13. The smallest absolute Gasteiger partial charge is 0.0641 e. The molecule has 0 aliphatic carbocycles. The Kier molecular flexibility index (Phi) is 7.25. The molecule has 0 atom stereocenters. The monoisotopic (exact) mass is 794 g/mol. The van der Waals surface area contributed by atoms with Gasteiger partial charge in [0.2, 0.25) is 0 Å². The maximum absolute atomic E-state index is 2.54. The van der Waals surface area contributed by atoms with Crippen molar-refractivity contribution in [2.45, 2.75) is 27.7 Å². The zero-order valence-electron chi connectivity index (χ0n) is 35.1. The molecule has 4 aromatic heterocycles. The van der Waals surface area contributed by atoms with Crippen LogP contribution in [-0.2, 0) is 0 Å². The van der Waals surface area contributed by atoms with Gasteiger partial charge < -0.3 is 18.6 Å². The average Bonchev–Trinajstić information content (AvgIpc) is 4.02. The highest BCUT2D eigenvalue weighted by Crippen LogP contribution is 2.51. The van der Waals surface area contributed by atoms with E-state index in [1.807, 2.05) is 0 Å². The van der Waals surface area contributed by atoms with Gasteiger partial charge >= 0.3 is 0 Å². The Morgan fingerprint density at radius 2 is 0.694 bits per heavy atom. The van der Waals surface area contributed by atoms with Gasteiger partial charge in [0.05, 0.1) is 44.5 Å². The predicted octanol–water partition coefficient (Wildman–Crippen LogP) is 16.2. The molecule has 0 radical (unpaired) electrons. The fourth-order valence-electron chi connectivity index (χ4n) is 10.9. The molecule has 4 heterocycles. The molecule has 0 N–H and O–H groups in total. The summed E-state index contributed by atoms with van der Waals surface area (Å²) >= 11 is 0. The molecule has 62 heavy (non-hydrogen) atoms. The summed E-state index contributed by atoms with van der Waals surface area (Å²) in [4.78, 5) is 4.92. The van der Waals surface area contributed by atoms with Gasteiger partial charge in [0.15, 0.2) is 0 Å². The van der Waals surface area contributed by atoms with E-state index in [0.29, 0.717) is 0 Å². The standard InChI is InChI=1S/C58H42N4/c1-35-23-27-47(37(3)31-35)59(39-15-7-5-8-16-39)51-29-25-41-45-33-54-46(34-53(45)61-49-21-13-11-19-43(49)55(51)57(41)61)42-26-30-52(56-44-20-12-14-22-50(44)62(54)58(42)56)60(40-17-9-6-10-18-40)48-28-24-36(2)32-38(48)4/h5-34H,1-4H3. The molecule has 13 rings (SSSR count). The number of hydrogen-bond acceptors (Lipinski definition) is 2. The summed E-state index contributed by atoms with van der Waals surface area (Å²) in [5.41, 5.74) is 19.5. The highest BCUT2D eigenvalue weighted by Gasteiger charge is 2.28. The summed E-state index contributed by atoms with van der Waals surface area (Å²) in [6.07, 6.45) is 0. The lowest BCUT2D eigenvalue weighted by Gasteiger charge is -2.28. The Morgan fingerprint density at radius 1 is 0.306 bits per heavy atom. The second kappa shape index (κ2) is 12.8. The highest BCUT2D eigenvalue weighted by atomic mass is 15.2. The molecule has 0 aliphatic rings. The minimum atomic E-state index is 1.14. The molecule has 0 saturated heterocycles. The third kappa shape index (κ3) is 4.72. The number of rotatable bonds is 6. The van der Waals surface area contributed by atoms with E-state index in [4.69, 9.17) is 0 Å². The number of para-hydroxylation sites is 4. The van der Waals surface area contributed by atoms with Crippen LogP contribution >= 0.6 is 0 Å². The van der Waals surface area contributed by atoms with Crippen molar-refractivity contribution >= 4 is 110 Å². The van der Waals surface area contributed by atoms with E-state index in [1.54, 1.807) is 0 Å². The molecule has 0 unspecified atom stereocenters. The van der Waals surface area contributed by atoms with Gasteiger partial charge in [-0.3, -0.25) is 0 Å². The zero-order valence-corrected chi connectivity index (χ0v) is 35.1. The summed E-state index contributed by atoms with van der Waals surface area (Å²) in [6, 6.07) is 67.6. The van der Waals surface area contributed by atoms with Gasteiger partial charge in [0.25, 0.3) is 0 Å². The average molecular weight is 795 g/mol. The first kappa shape index (κ1) is 35.0. The molecule has 9 aromatic carbocycles. The molecule has 0 amide bonds. The van der Waals surface area contributed by atoms with Crippen LogP contribution in [0.1, 0.15) is 22.3 Å². The topological polar surface area (TPSA) is 15.3 Å². The molecule has 4 heteroatoms. The minimum absolute atomic E-state index is 1.14. The van der Waals surface area contributed by atoms with Gasteiger partial charge in [-0.1, -0.05) is 120 Å². The summed E-state index contributed by atoms with van der Waals surface area (Å²) in [6.45, 7) is 8.81. The fraction of sp³-hybridized carbons (Fsp3) is 0.0690. The van der Waals surface area contributed by atoms with Crippen molar-refractivity contribution in [2.75, 3.05) is 9.80 Å². The number of nitrogens with zero attached hydrogens (tertiary/aromatic N) is 4. The van der Waals surface area contributed by atoms with Crippen molar-refractivity contribution in [2.24, 2.45) is 0 Å². The van der Waals surface area contributed by atoms with Crippen molar-refractivity contribution in [1.29, 1.82) is 0 Å². The zero-order chi connectivity index (χ0) is 41.4. The molecule has 0 spiro atoms. The number of aromatic nitrogens is 2. The maximum Gasteiger partial charge on any atom is 0.0641 e. The lowest BCUT2D eigenvalue weighted by atomic mass is 10.0. The number of anilines is 6. The van der Waals surface area contributed by atoms with Crippen LogP contribution in [0.25, 0.3) is 76.2 Å². The van der Waals surface area contributed by atoms with Crippen LogP contribution in [0.5, 0.6) is 0 Å². The van der Waals surface area contributed by atoms with E-state index in [2.05, 4.69) is 228 Å². The van der Waals surface area contributed by atoms with Crippen molar-refractivity contribution in [3.63, 3.8) is 0 Å². The normalized spacial score (nSPS) is 12.2. The molecule has 0 saturated carbocycles. The highest BCUT2D eigenvalue weighted by molar-refractivity contribution is 6.32. The van der Waals surface area contributed by atoms with E-state index < -0.39 is 0 Å². The van der Waals surface area contributed by atoms with Crippen molar-refractivity contribution in [3.8, 4) is 0 Å². The molecule has 294 valence electrons. The second-order valence-corrected chi connectivity index (χ2v) is 17.2. The van der Waals surface area contributed by atoms with Crippen LogP contribution in [0.4, 0.5) is 34.1 Å². The van der Waals surface area contributed by atoms with E-state index in [1.165, 1.54) is 121 Å². The minimum Gasteiger partial charge on any atom is -0.310 e. The Bertz CT molecular complexity index is 3650. The number of benzene rings is 9. The van der Waals surface area contributed by atoms with E-state index in [9.17, 15) is 0 Å². The predicted molar refractivity (Wildman–Crippen MR) is 264 cm³/mol. The summed E-state index contributed by atoms with van der Waals surface area (Å²) in [5.74, 6) is 0. The van der Waals surface area contributed by atoms with Gasteiger partial charge in [-0.15, -0.1) is 0 Å². The van der Waals surface area contributed by atoms with Crippen molar-refractivity contribution in [3.05, 3.63) is 204 Å². The van der Waals surface area contributed by atoms with Crippen LogP contribution in [0.15, 0.2) is 182 Å². The van der Waals surface area contributed by atoms with Crippen LogP contribution in [-0.4, -0.2) is 8.80 Å². The third-order valence-electron chi connectivity index (χ3n) is 13.5. The molecule has 0 aliphatic heterocycles. The quantitative estimate of drug-likeness (QED) is 0.167. The molecular formula is C58H42N4. The summed E-state index contributed by atoms with van der Waals surface area (Å²) < 4.78 is 5.08. The molecule has 0 bridgehead atoms. The van der Waals surface area contributed by atoms with Crippen LogP contribution in [0.3, 0.4) is 0 Å². The number of aryl methyl sites for hydroxylation is 4. The van der Waals surface area contributed by atoms with E-state index >= 15 is 0 Å². The van der Waals surface area contributed by atoms with Gasteiger partial charge in [-0.25, -0.2) is 0 Å². The van der Waals surface area contributed by atoms with Gasteiger partial charge in [0, 0.05) is 65.8 Å². The van der Waals surface area contributed by atoms with Crippen LogP contribution in [0, 0.1) is 27.7 Å². The summed E-state index contributed by atoms with van der Waals surface area (Å²) in [7, 11) is 0.